The van der Waals surface area contributed by atoms with Gasteiger partial charge in [0.2, 0.25) is 0 Å². The third-order valence-corrected chi connectivity index (χ3v) is 5.31. The first-order valence-electron chi connectivity index (χ1n) is 8.23. The highest BCUT2D eigenvalue weighted by atomic mass is 16.6. The number of fused-ring (bicyclic) bond motifs is 1. The third-order valence-electron chi connectivity index (χ3n) is 5.31. The van der Waals surface area contributed by atoms with E-state index in [-0.39, 0.29) is 22.1 Å². The van der Waals surface area contributed by atoms with Crippen molar-refractivity contribution in [1.29, 1.82) is 0 Å². The van der Waals surface area contributed by atoms with E-state index in [1.54, 1.807) is 18.5 Å². The highest BCUT2D eigenvalue weighted by Gasteiger charge is 2.51. The van der Waals surface area contributed by atoms with Gasteiger partial charge in [0.25, 0.3) is 5.69 Å². The lowest BCUT2D eigenvalue weighted by Gasteiger charge is -2.55. The van der Waals surface area contributed by atoms with Crippen molar-refractivity contribution in [2.75, 3.05) is 18.6 Å². The molecule has 2 aromatic rings. The lowest BCUT2D eigenvalue weighted by molar-refractivity contribution is -0.383. The van der Waals surface area contributed by atoms with E-state index < -0.39 is 0 Å². The first-order chi connectivity index (χ1) is 11.4. The number of non-ortho nitro benzene ring substituents is 1. The van der Waals surface area contributed by atoms with Gasteiger partial charge in [-0.3, -0.25) is 15.1 Å². The summed E-state index contributed by atoms with van der Waals surface area (Å²) in [6.07, 6.45) is 4.46. The Morgan fingerprint density at radius 3 is 2.75 bits per heavy atom. The van der Waals surface area contributed by atoms with Gasteiger partial charge in [0.05, 0.1) is 16.4 Å². The molecule has 1 aromatic heterocycles. The lowest BCUT2D eigenvalue weighted by Crippen LogP contribution is -2.61. The molecule has 1 aliphatic carbocycles. The van der Waals surface area contributed by atoms with Gasteiger partial charge in [-0.15, -0.1) is 0 Å². The van der Waals surface area contributed by atoms with Crippen LogP contribution in [0.3, 0.4) is 0 Å². The number of nitro groups is 1. The molecule has 3 rings (SSSR count). The average molecular weight is 329 g/mol. The Morgan fingerprint density at radius 2 is 2.12 bits per heavy atom. The van der Waals surface area contributed by atoms with Gasteiger partial charge in [0, 0.05) is 54.6 Å². The first-order valence-corrected chi connectivity index (χ1v) is 8.23. The van der Waals surface area contributed by atoms with Crippen molar-refractivity contribution >= 4 is 22.1 Å². The molecule has 6 heteroatoms. The summed E-state index contributed by atoms with van der Waals surface area (Å²) in [6.45, 7) is 7.17. The van der Waals surface area contributed by atoms with E-state index in [4.69, 9.17) is 4.74 Å². The maximum Gasteiger partial charge on any atom is 0.278 e. The standard InChI is InChI=1S/C18H23N3O3/c1-5-24-17-10-16(18(17,2)3)20(4)14-6-7-15(21(22)23)13-11-19-9-8-12(13)14/h6-9,11,16-17H,5,10H2,1-4H3. The molecule has 128 valence electrons. The number of aromatic nitrogens is 1. The molecule has 0 spiro atoms. The van der Waals surface area contributed by atoms with E-state index in [9.17, 15) is 10.1 Å². The molecule has 2 atom stereocenters. The van der Waals surface area contributed by atoms with E-state index in [0.29, 0.717) is 11.4 Å². The molecule has 1 saturated carbocycles. The van der Waals surface area contributed by atoms with Crippen LogP contribution in [0.2, 0.25) is 0 Å². The Kier molecular flexibility index (Phi) is 4.17. The third kappa shape index (κ3) is 2.51. The summed E-state index contributed by atoms with van der Waals surface area (Å²) >= 11 is 0. The predicted octanol–water partition coefficient (Wildman–Crippen LogP) is 3.78. The number of hydrogen-bond acceptors (Lipinski definition) is 5. The Balaban J connectivity index is 1.99. The molecule has 2 unspecified atom stereocenters. The SMILES string of the molecule is CCOC1CC(N(C)c2ccc([N+](=O)[O-])c3cnccc23)C1(C)C. The average Bonchev–Trinajstić information content (AvgIpc) is 2.56. The van der Waals surface area contributed by atoms with E-state index in [2.05, 4.69) is 30.8 Å². The number of nitro benzene ring substituents is 1. The van der Waals surface area contributed by atoms with Gasteiger partial charge in [-0.1, -0.05) is 13.8 Å². The zero-order valence-corrected chi connectivity index (χ0v) is 14.5. The van der Waals surface area contributed by atoms with Crippen molar-refractivity contribution in [2.24, 2.45) is 5.41 Å². The van der Waals surface area contributed by atoms with Crippen LogP contribution < -0.4 is 4.90 Å². The van der Waals surface area contributed by atoms with Gasteiger partial charge in [-0.05, 0) is 25.5 Å². The molecule has 1 aromatic carbocycles. The number of anilines is 1. The van der Waals surface area contributed by atoms with Crippen LogP contribution in [0.15, 0.2) is 30.6 Å². The van der Waals surface area contributed by atoms with Gasteiger partial charge in [0.15, 0.2) is 0 Å². The van der Waals surface area contributed by atoms with Crippen molar-refractivity contribution in [3.8, 4) is 0 Å². The quantitative estimate of drug-likeness (QED) is 0.617. The van der Waals surface area contributed by atoms with Gasteiger partial charge in [-0.2, -0.15) is 0 Å². The number of hydrogen-bond donors (Lipinski definition) is 0. The fourth-order valence-corrected chi connectivity index (χ4v) is 3.80. The minimum atomic E-state index is -0.355. The number of benzene rings is 1. The largest absolute Gasteiger partial charge is 0.378 e. The fourth-order valence-electron chi connectivity index (χ4n) is 3.80. The summed E-state index contributed by atoms with van der Waals surface area (Å²) in [5.41, 5.74) is 1.12. The summed E-state index contributed by atoms with van der Waals surface area (Å²) in [5, 5.41) is 12.7. The van der Waals surface area contributed by atoms with E-state index in [1.165, 1.54) is 0 Å². The second-order valence-corrected chi connectivity index (χ2v) is 6.91. The monoisotopic (exact) mass is 329 g/mol. The summed E-state index contributed by atoms with van der Waals surface area (Å²) in [7, 11) is 2.05. The van der Waals surface area contributed by atoms with E-state index in [1.807, 2.05) is 19.1 Å². The van der Waals surface area contributed by atoms with Crippen LogP contribution in [-0.2, 0) is 4.74 Å². The van der Waals surface area contributed by atoms with Gasteiger partial charge >= 0.3 is 0 Å². The first kappa shape index (κ1) is 16.6. The highest BCUT2D eigenvalue weighted by Crippen LogP contribution is 2.47. The Hall–Kier alpha value is -2.21. The molecule has 0 bridgehead atoms. The second kappa shape index (κ2) is 6.02. The predicted molar refractivity (Wildman–Crippen MR) is 94.4 cm³/mol. The lowest BCUT2D eigenvalue weighted by atomic mass is 9.63. The minimum Gasteiger partial charge on any atom is -0.378 e. The van der Waals surface area contributed by atoms with E-state index in [0.717, 1.165) is 24.1 Å². The number of ether oxygens (including phenoxy) is 1. The fraction of sp³-hybridized carbons (Fsp3) is 0.500. The minimum absolute atomic E-state index is 0.0336. The Morgan fingerprint density at radius 1 is 1.38 bits per heavy atom. The molecule has 0 N–H and O–H groups in total. The van der Waals surface area contributed by atoms with Crippen LogP contribution in [0.4, 0.5) is 11.4 Å². The van der Waals surface area contributed by atoms with Crippen LogP contribution >= 0.6 is 0 Å². The van der Waals surface area contributed by atoms with Crippen LogP contribution in [0.5, 0.6) is 0 Å². The smallest absolute Gasteiger partial charge is 0.278 e. The maximum atomic E-state index is 11.3. The molecule has 0 radical (unpaired) electrons. The van der Waals surface area contributed by atoms with Crippen LogP contribution in [0.1, 0.15) is 27.2 Å². The topological polar surface area (TPSA) is 68.5 Å². The van der Waals surface area contributed by atoms with E-state index >= 15 is 0 Å². The molecule has 1 fully saturated rings. The van der Waals surface area contributed by atoms with Gasteiger partial charge in [-0.25, -0.2) is 0 Å². The summed E-state index contributed by atoms with van der Waals surface area (Å²) < 4.78 is 5.82. The van der Waals surface area contributed by atoms with Crippen molar-refractivity contribution < 1.29 is 9.66 Å². The van der Waals surface area contributed by atoms with Crippen molar-refractivity contribution in [1.82, 2.24) is 4.98 Å². The number of rotatable bonds is 5. The maximum absolute atomic E-state index is 11.3. The number of pyridine rings is 1. The zero-order valence-electron chi connectivity index (χ0n) is 14.5. The summed E-state index contributed by atoms with van der Waals surface area (Å²) in [6, 6.07) is 5.58. The molecule has 0 aliphatic heterocycles. The zero-order chi connectivity index (χ0) is 17.5. The second-order valence-electron chi connectivity index (χ2n) is 6.91. The van der Waals surface area contributed by atoms with Gasteiger partial charge < -0.3 is 9.64 Å². The van der Waals surface area contributed by atoms with Crippen molar-refractivity contribution in [3.63, 3.8) is 0 Å². The molecule has 24 heavy (non-hydrogen) atoms. The van der Waals surface area contributed by atoms with Crippen molar-refractivity contribution in [2.45, 2.75) is 39.3 Å². The molecule has 1 heterocycles. The molecular weight excluding hydrogens is 306 g/mol. The molecule has 0 saturated heterocycles. The summed E-state index contributed by atoms with van der Waals surface area (Å²) in [5.74, 6) is 0. The number of nitrogens with zero attached hydrogens (tertiary/aromatic N) is 3. The van der Waals surface area contributed by atoms with Crippen LogP contribution in [-0.4, -0.2) is 35.7 Å². The molecular formula is C18H23N3O3. The van der Waals surface area contributed by atoms with Crippen LogP contribution in [0, 0.1) is 15.5 Å². The molecule has 6 nitrogen and oxygen atoms in total. The summed E-state index contributed by atoms with van der Waals surface area (Å²) in [4.78, 5) is 17.2. The highest BCUT2D eigenvalue weighted by molar-refractivity contribution is 5.99. The Bertz CT molecular complexity index is 775. The molecule has 0 amide bonds. The Labute approximate surface area is 141 Å². The molecule has 1 aliphatic rings. The van der Waals surface area contributed by atoms with Gasteiger partial charge in [0.1, 0.15) is 0 Å². The van der Waals surface area contributed by atoms with Crippen molar-refractivity contribution in [3.05, 3.63) is 40.7 Å². The normalized spacial score (nSPS) is 22.2. The van der Waals surface area contributed by atoms with Crippen LogP contribution in [0.25, 0.3) is 10.8 Å².